The Balaban J connectivity index is 1.63. The van der Waals surface area contributed by atoms with Crippen LogP contribution in [0, 0.1) is 19.7 Å². The molecule has 4 nitrogen and oxygen atoms in total. The van der Waals surface area contributed by atoms with Crippen molar-refractivity contribution in [2.24, 2.45) is 9.98 Å². The summed E-state index contributed by atoms with van der Waals surface area (Å²) in [6, 6.07) is 18.2. The van der Waals surface area contributed by atoms with Crippen LogP contribution in [0.2, 0.25) is 0 Å². The Bertz CT molecular complexity index is 1200. The lowest BCUT2D eigenvalue weighted by molar-refractivity contribution is 0.0696. The van der Waals surface area contributed by atoms with Gasteiger partial charge >= 0.3 is 5.97 Å². The third-order valence-corrected chi connectivity index (χ3v) is 5.07. The summed E-state index contributed by atoms with van der Waals surface area (Å²) in [5, 5.41) is 8.98. The molecule has 0 amide bonds. The van der Waals surface area contributed by atoms with Gasteiger partial charge in [0.15, 0.2) is 5.84 Å². The summed E-state index contributed by atoms with van der Waals surface area (Å²) in [5.74, 6) is -1.52. The highest BCUT2D eigenvalue weighted by atomic mass is 19.1. The van der Waals surface area contributed by atoms with Crippen LogP contribution < -0.4 is 0 Å². The first-order chi connectivity index (χ1) is 13.9. The normalized spacial score (nSPS) is 13.2. The van der Waals surface area contributed by atoms with Crippen molar-refractivity contribution in [1.29, 1.82) is 0 Å². The number of aryl methyl sites for hydroxylation is 2. The molecule has 3 aromatic rings. The van der Waals surface area contributed by atoms with Crippen LogP contribution in [0.25, 0.3) is 11.1 Å². The molecule has 0 aliphatic carbocycles. The second-order valence-corrected chi connectivity index (χ2v) is 7.04. The molecule has 1 N–H and O–H groups in total. The van der Waals surface area contributed by atoms with Gasteiger partial charge in [-0.05, 0) is 65.9 Å². The zero-order chi connectivity index (χ0) is 20.5. The van der Waals surface area contributed by atoms with Crippen LogP contribution >= 0.6 is 0 Å². The number of aromatic carboxylic acids is 1. The van der Waals surface area contributed by atoms with Gasteiger partial charge in [0.1, 0.15) is 5.82 Å². The molecule has 144 valence electrons. The maximum atomic E-state index is 14.3. The molecule has 0 saturated carbocycles. The predicted molar refractivity (Wildman–Crippen MR) is 113 cm³/mol. The van der Waals surface area contributed by atoms with E-state index in [2.05, 4.69) is 48.1 Å². The molecule has 29 heavy (non-hydrogen) atoms. The number of carboxylic acids is 1. The maximum Gasteiger partial charge on any atom is 0.335 e. The molecule has 0 unspecified atom stereocenters. The standard InChI is InChI=1S/C24H19FN2O2/c1-14-5-3-4-6-18(14)19-9-7-16(11-15(19)2)22-13-26-23(27-22)20-10-8-17(24(28)29)12-21(20)25/h3-12H,13H2,1-2H3,(H,28,29). The fourth-order valence-corrected chi connectivity index (χ4v) is 3.50. The van der Waals surface area contributed by atoms with Crippen molar-refractivity contribution < 1.29 is 14.3 Å². The number of aliphatic imine (C=N–C) groups is 2. The topological polar surface area (TPSA) is 62.0 Å². The summed E-state index contributed by atoms with van der Waals surface area (Å²) in [6.45, 7) is 4.51. The van der Waals surface area contributed by atoms with Gasteiger partial charge in [0, 0.05) is 0 Å². The minimum absolute atomic E-state index is 0.100. The molecule has 1 aliphatic rings. The third-order valence-electron chi connectivity index (χ3n) is 5.07. The quantitative estimate of drug-likeness (QED) is 0.681. The molecule has 5 heteroatoms. The van der Waals surface area contributed by atoms with E-state index in [1.807, 2.05) is 18.2 Å². The van der Waals surface area contributed by atoms with Crippen molar-refractivity contribution in [3.05, 3.63) is 94.3 Å². The molecule has 0 aromatic heterocycles. The van der Waals surface area contributed by atoms with Crippen LogP contribution in [0.5, 0.6) is 0 Å². The number of halogens is 1. The summed E-state index contributed by atoms with van der Waals surface area (Å²) in [6.07, 6.45) is 0. The summed E-state index contributed by atoms with van der Waals surface area (Å²) in [4.78, 5) is 19.8. The van der Waals surface area contributed by atoms with Gasteiger partial charge in [-0.3, -0.25) is 4.99 Å². The number of hydrogen-bond acceptors (Lipinski definition) is 3. The van der Waals surface area contributed by atoms with E-state index in [0.29, 0.717) is 6.54 Å². The van der Waals surface area contributed by atoms with Gasteiger partial charge < -0.3 is 5.11 Å². The lowest BCUT2D eigenvalue weighted by atomic mass is 9.94. The molecule has 3 aromatic carbocycles. The first-order valence-corrected chi connectivity index (χ1v) is 9.26. The summed E-state index contributed by atoms with van der Waals surface area (Å²) >= 11 is 0. The maximum absolute atomic E-state index is 14.3. The Hall–Kier alpha value is -3.60. The van der Waals surface area contributed by atoms with Crippen molar-refractivity contribution >= 4 is 17.5 Å². The zero-order valence-electron chi connectivity index (χ0n) is 16.1. The second kappa shape index (κ2) is 7.43. The largest absolute Gasteiger partial charge is 0.478 e. The smallest absolute Gasteiger partial charge is 0.335 e. The SMILES string of the molecule is Cc1ccccc1-c1ccc(C2=NC(c3ccc(C(=O)O)cc3F)=NC2)cc1C. The highest BCUT2D eigenvalue weighted by Gasteiger charge is 2.19. The van der Waals surface area contributed by atoms with E-state index < -0.39 is 11.8 Å². The molecule has 4 rings (SSSR count). The van der Waals surface area contributed by atoms with E-state index >= 15 is 0 Å². The second-order valence-electron chi connectivity index (χ2n) is 7.04. The lowest BCUT2D eigenvalue weighted by Crippen LogP contribution is -2.04. The van der Waals surface area contributed by atoms with Crippen LogP contribution in [0.3, 0.4) is 0 Å². The fourth-order valence-electron chi connectivity index (χ4n) is 3.50. The fraction of sp³-hybridized carbons (Fsp3) is 0.125. The highest BCUT2D eigenvalue weighted by molar-refractivity contribution is 6.17. The number of rotatable bonds is 4. The Labute approximate surface area is 168 Å². The Morgan fingerprint density at radius 3 is 2.34 bits per heavy atom. The van der Waals surface area contributed by atoms with Gasteiger partial charge in [-0.2, -0.15) is 0 Å². The summed E-state index contributed by atoms with van der Waals surface area (Å²) in [7, 11) is 0. The van der Waals surface area contributed by atoms with Crippen LogP contribution in [0.15, 0.2) is 70.6 Å². The van der Waals surface area contributed by atoms with E-state index in [1.54, 1.807) is 0 Å². The van der Waals surface area contributed by atoms with E-state index in [9.17, 15) is 9.18 Å². The first-order valence-electron chi connectivity index (χ1n) is 9.26. The summed E-state index contributed by atoms with van der Waals surface area (Å²) < 4.78 is 14.3. The van der Waals surface area contributed by atoms with Crippen molar-refractivity contribution in [3.63, 3.8) is 0 Å². The van der Waals surface area contributed by atoms with Crippen molar-refractivity contribution in [3.8, 4) is 11.1 Å². The molecule has 0 bridgehead atoms. The van der Waals surface area contributed by atoms with E-state index in [4.69, 9.17) is 5.11 Å². The van der Waals surface area contributed by atoms with Crippen LogP contribution in [0.4, 0.5) is 4.39 Å². The zero-order valence-corrected chi connectivity index (χ0v) is 16.1. The Morgan fingerprint density at radius 1 is 0.931 bits per heavy atom. The van der Waals surface area contributed by atoms with Crippen molar-refractivity contribution in [2.75, 3.05) is 6.54 Å². The van der Waals surface area contributed by atoms with E-state index in [1.165, 1.54) is 28.8 Å². The number of benzene rings is 3. The van der Waals surface area contributed by atoms with Gasteiger partial charge in [0.2, 0.25) is 0 Å². The Morgan fingerprint density at radius 2 is 1.66 bits per heavy atom. The van der Waals surface area contributed by atoms with Gasteiger partial charge in [0.05, 0.1) is 23.4 Å². The molecule has 0 fully saturated rings. The molecule has 0 radical (unpaired) electrons. The minimum atomic E-state index is -1.17. The average molecular weight is 386 g/mol. The first kappa shape index (κ1) is 18.7. The van der Waals surface area contributed by atoms with Gasteiger partial charge in [-0.1, -0.05) is 36.4 Å². The van der Waals surface area contributed by atoms with Gasteiger partial charge in [0.25, 0.3) is 0 Å². The minimum Gasteiger partial charge on any atom is -0.478 e. The van der Waals surface area contributed by atoms with Gasteiger partial charge in [-0.15, -0.1) is 0 Å². The van der Waals surface area contributed by atoms with Crippen molar-refractivity contribution in [1.82, 2.24) is 0 Å². The van der Waals surface area contributed by atoms with Crippen LogP contribution in [-0.4, -0.2) is 29.2 Å². The van der Waals surface area contributed by atoms with Crippen LogP contribution in [-0.2, 0) is 0 Å². The molecule has 1 heterocycles. The Kier molecular flexibility index (Phi) is 4.80. The molecular weight excluding hydrogens is 367 g/mol. The molecule has 1 aliphatic heterocycles. The van der Waals surface area contributed by atoms with Crippen LogP contribution in [0.1, 0.15) is 32.6 Å². The highest BCUT2D eigenvalue weighted by Crippen LogP contribution is 2.28. The molecule has 0 saturated heterocycles. The molecule has 0 atom stereocenters. The number of hydrogen-bond donors (Lipinski definition) is 1. The van der Waals surface area contributed by atoms with E-state index in [0.717, 1.165) is 22.9 Å². The number of carbonyl (C=O) groups is 1. The van der Waals surface area contributed by atoms with Gasteiger partial charge in [-0.25, -0.2) is 14.2 Å². The monoisotopic (exact) mass is 386 g/mol. The number of carboxylic acid groups (broad SMARTS) is 1. The third kappa shape index (κ3) is 3.59. The average Bonchev–Trinajstić information content (AvgIpc) is 3.18. The van der Waals surface area contributed by atoms with E-state index in [-0.39, 0.29) is 17.0 Å². The lowest BCUT2D eigenvalue weighted by Gasteiger charge is -2.11. The molecular formula is C24H19FN2O2. The number of amidine groups is 1. The predicted octanol–water partition coefficient (Wildman–Crippen LogP) is 5.06. The summed E-state index contributed by atoms with van der Waals surface area (Å²) in [5.41, 5.74) is 6.53. The molecule has 0 spiro atoms. The van der Waals surface area contributed by atoms with Crippen molar-refractivity contribution in [2.45, 2.75) is 13.8 Å². The number of nitrogens with zero attached hydrogens (tertiary/aromatic N) is 2.